The van der Waals surface area contributed by atoms with Crippen molar-refractivity contribution in [1.29, 1.82) is 5.26 Å². The smallest absolute Gasteiger partial charge is 0.211 e. The van der Waals surface area contributed by atoms with Crippen LogP contribution >= 0.6 is 0 Å². The molecule has 5 heteroatoms. The zero-order valence-corrected chi connectivity index (χ0v) is 9.15. The van der Waals surface area contributed by atoms with Crippen LogP contribution in [0.3, 0.4) is 0 Å². The SMILES string of the molecule is [B]c1ccc(C2C(C#N)N(C=O)C2CO)cc1. The number of likely N-dealkylation sites (tertiary alicyclic amines) is 1. The van der Waals surface area contributed by atoms with Gasteiger partial charge in [-0.3, -0.25) is 4.79 Å². The highest BCUT2D eigenvalue weighted by Crippen LogP contribution is 2.38. The molecule has 3 atom stereocenters. The van der Waals surface area contributed by atoms with E-state index in [-0.39, 0.29) is 18.6 Å². The van der Waals surface area contributed by atoms with Gasteiger partial charge in [-0.25, -0.2) is 0 Å². The van der Waals surface area contributed by atoms with Gasteiger partial charge in [0.05, 0.1) is 18.7 Å². The standard InChI is InChI=1S/C12H11BN2O2/c13-9-3-1-8(2-4-9)12-10(5-14)15(7-17)11(12)6-16/h1-4,7,10-12,16H,6H2. The maximum atomic E-state index is 10.8. The third-order valence-corrected chi connectivity index (χ3v) is 3.22. The first-order valence-electron chi connectivity index (χ1n) is 5.31. The molecule has 0 spiro atoms. The quantitative estimate of drug-likeness (QED) is 0.546. The third kappa shape index (κ3) is 1.81. The summed E-state index contributed by atoms with van der Waals surface area (Å²) >= 11 is 0. The zero-order valence-electron chi connectivity index (χ0n) is 9.15. The minimum Gasteiger partial charge on any atom is -0.394 e. The molecule has 1 aliphatic heterocycles. The van der Waals surface area contributed by atoms with Crippen LogP contribution < -0.4 is 5.46 Å². The molecule has 3 unspecified atom stereocenters. The van der Waals surface area contributed by atoms with Crippen molar-refractivity contribution in [2.75, 3.05) is 6.61 Å². The van der Waals surface area contributed by atoms with Gasteiger partial charge in [-0.1, -0.05) is 29.7 Å². The van der Waals surface area contributed by atoms with Crippen molar-refractivity contribution in [2.24, 2.45) is 0 Å². The number of nitrogens with zero attached hydrogens (tertiary/aromatic N) is 2. The molecule has 2 radical (unpaired) electrons. The lowest BCUT2D eigenvalue weighted by Gasteiger charge is -2.49. The van der Waals surface area contributed by atoms with Gasteiger partial charge in [0.2, 0.25) is 6.41 Å². The Labute approximate surface area is 101 Å². The summed E-state index contributed by atoms with van der Waals surface area (Å²) in [5, 5.41) is 18.3. The van der Waals surface area contributed by atoms with Crippen molar-refractivity contribution < 1.29 is 9.90 Å². The van der Waals surface area contributed by atoms with Gasteiger partial charge in [-0.05, 0) is 5.56 Å². The normalized spacial score (nSPS) is 27.1. The molecule has 0 aromatic heterocycles. The number of aliphatic hydroxyl groups excluding tert-OH is 1. The van der Waals surface area contributed by atoms with Gasteiger partial charge in [0, 0.05) is 5.92 Å². The van der Waals surface area contributed by atoms with Crippen LogP contribution in [0.5, 0.6) is 0 Å². The van der Waals surface area contributed by atoms with E-state index in [1.54, 1.807) is 12.1 Å². The van der Waals surface area contributed by atoms with Crippen molar-refractivity contribution in [1.82, 2.24) is 4.90 Å². The van der Waals surface area contributed by atoms with E-state index in [4.69, 9.17) is 13.1 Å². The Kier molecular flexibility index (Phi) is 3.16. The van der Waals surface area contributed by atoms with Crippen LogP contribution in [0.25, 0.3) is 0 Å². The highest BCUT2D eigenvalue weighted by molar-refractivity contribution is 6.32. The van der Waals surface area contributed by atoms with E-state index < -0.39 is 6.04 Å². The molecule has 0 bridgehead atoms. The predicted molar refractivity (Wildman–Crippen MR) is 62.7 cm³/mol. The topological polar surface area (TPSA) is 64.3 Å². The van der Waals surface area contributed by atoms with E-state index in [2.05, 4.69) is 6.07 Å². The number of aliphatic hydroxyl groups is 1. The summed E-state index contributed by atoms with van der Waals surface area (Å²) < 4.78 is 0. The lowest BCUT2D eigenvalue weighted by atomic mass is 9.75. The van der Waals surface area contributed by atoms with Crippen molar-refractivity contribution in [3.63, 3.8) is 0 Å². The van der Waals surface area contributed by atoms with E-state index in [1.165, 1.54) is 4.90 Å². The summed E-state index contributed by atoms with van der Waals surface area (Å²) in [6.07, 6.45) is 0.614. The highest BCUT2D eigenvalue weighted by Gasteiger charge is 2.48. The number of hydrogen-bond donors (Lipinski definition) is 1. The third-order valence-electron chi connectivity index (χ3n) is 3.22. The first kappa shape index (κ1) is 11.7. The number of carbonyl (C=O) groups excluding carboxylic acids is 1. The van der Waals surface area contributed by atoms with Gasteiger partial charge in [-0.15, -0.1) is 0 Å². The number of nitriles is 1. The fourth-order valence-electron chi connectivity index (χ4n) is 2.31. The van der Waals surface area contributed by atoms with Crippen LogP contribution in [0.4, 0.5) is 0 Å². The maximum absolute atomic E-state index is 10.8. The summed E-state index contributed by atoms with van der Waals surface area (Å²) in [5.74, 6) is -0.143. The molecule has 1 amide bonds. The first-order chi connectivity index (χ1) is 8.22. The second-order valence-electron chi connectivity index (χ2n) is 4.07. The molecule has 1 fully saturated rings. The minimum atomic E-state index is -0.506. The molecule has 4 nitrogen and oxygen atoms in total. The fourth-order valence-corrected chi connectivity index (χ4v) is 2.31. The number of amides is 1. The Hall–Kier alpha value is -1.80. The van der Waals surface area contributed by atoms with E-state index in [0.717, 1.165) is 5.56 Å². The van der Waals surface area contributed by atoms with Gasteiger partial charge in [0.1, 0.15) is 13.9 Å². The molecule has 1 saturated heterocycles. The van der Waals surface area contributed by atoms with E-state index in [9.17, 15) is 9.90 Å². The lowest BCUT2D eigenvalue weighted by Crippen LogP contribution is -2.62. The monoisotopic (exact) mass is 226 g/mol. The minimum absolute atomic E-state index is 0.143. The Morgan fingerprint density at radius 2 is 2.12 bits per heavy atom. The first-order valence-corrected chi connectivity index (χ1v) is 5.31. The molecule has 1 heterocycles. The molecule has 0 saturated carbocycles. The predicted octanol–water partition coefficient (Wildman–Crippen LogP) is -0.711. The Balaban J connectivity index is 2.28. The molecule has 1 aliphatic rings. The van der Waals surface area contributed by atoms with E-state index in [1.807, 2.05) is 12.1 Å². The average Bonchev–Trinajstić information content (AvgIpc) is 2.32. The van der Waals surface area contributed by atoms with Crippen LogP contribution in [0.2, 0.25) is 0 Å². The Morgan fingerprint density at radius 3 is 2.59 bits per heavy atom. The molecule has 1 aromatic rings. The van der Waals surface area contributed by atoms with Gasteiger partial charge >= 0.3 is 0 Å². The number of rotatable bonds is 3. The second-order valence-corrected chi connectivity index (χ2v) is 4.07. The van der Waals surface area contributed by atoms with E-state index >= 15 is 0 Å². The Bertz CT molecular complexity index is 455. The van der Waals surface area contributed by atoms with Crippen LogP contribution in [0, 0.1) is 11.3 Å². The molecule has 2 rings (SSSR count). The Morgan fingerprint density at radius 1 is 1.47 bits per heavy atom. The summed E-state index contributed by atoms with van der Waals surface area (Å²) in [5.41, 5.74) is 1.57. The van der Waals surface area contributed by atoms with Gasteiger partial charge in [0.25, 0.3) is 0 Å². The molecule has 0 aliphatic carbocycles. The molecular formula is C12H11BN2O2. The summed E-state index contributed by atoms with van der Waals surface area (Å²) in [6, 6.07) is 8.42. The van der Waals surface area contributed by atoms with Gasteiger partial charge < -0.3 is 10.0 Å². The van der Waals surface area contributed by atoms with Gasteiger partial charge in [0.15, 0.2) is 0 Å². The molecule has 17 heavy (non-hydrogen) atoms. The van der Waals surface area contributed by atoms with Crippen molar-refractivity contribution in [2.45, 2.75) is 18.0 Å². The summed E-state index contributed by atoms with van der Waals surface area (Å²) in [6.45, 7) is -0.147. The molecule has 1 aromatic carbocycles. The number of carbonyl (C=O) groups is 1. The molecular weight excluding hydrogens is 215 g/mol. The summed E-state index contributed by atoms with van der Waals surface area (Å²) in [4.78, 5) is 12.1. The lowest BCUT2D eigenvalue weighted by molar-refractivity contribution is -0.132. The summed E-state index contributed by atoms with van der Waals surface area (Å²) in [7, 11) is 5.59. The highest BCUT2D eigenvalue weighted by atomic mass is 16.3. The van der Waals surface area contributed by atoms with Gasteiger partial charge in [-0.2, -0.15) is 5.26 Å². The van der Waals surface area contributed by atoms with Crippen LogP contribution in [-0.2, 0) is 4.79 Å². The molecule has 84 valence electrons. The maximum Gasteiger partial charge on any atom is 0.211 e. The van der Waals surface area contributed by atoms with Crippen LogP contribution in [-0.4, -0.2) is 43.0 Å². The largest absolute Gasteiger partial charge is 0.394 e. The molecule has 1 N–H and O–H groups in total. The fraction of sp³-hybridized carbons (Fsp3) is 0.333. The van der Waals surface area contributed by atoms with Crippen molar-refractivity contribution in [3.8, 4) is 6.07 Å². The van der Waals surface area contributed by atoms with Crippen molar-refractivity contribution >= 4 is 19.7 Å². The van der Waals surface area contributed by atoms with Crippen LogP contribution in [0.1, 0.15) is 11.5 Å². The second kappa shape index (κ2) is 4.60. The van der Waals surface area contributed by atoms with E-state index in [0.29, 0.717) is 11.9 Å². The zero-order chi connectivity index (χ0) is 12.4. The van der Waals surface area contributed by atoms with Crippen molar-refractivity contribution in [3.05, 3.63) is 29.8 Å². The average molecular weight is 226 g/mol. The number of hydrogen-bond acceptors (Lipinski definition) is 3. The van der Waals surface area contributed by atoms with Crippen LogP contribution in [0.15, 0.2) is 24.3 Å². The number of benzene rings is 1.